The van der Waals surface area contributed by atoms with Crippen LogP contribution in [-0.2, 0) is 6.18 Å². The Kier molecular flexibility index (Phi) is 3.07. The van der Waals surface area contributed by atoms with Gasteiger partial charge in [0.25, 0.3) is 0 Å². The molecule has 0 atom stereocenters. The maximum absolute atomic E-state index is 12.8. The summed E-state index contributed by atoms with van der Waals surface area (Å²) in [5.41, 5.74) is -0.470. The minimum atomic E-state index is -4.40. The average Bonchev–Trinajstić information content (AvgIpc) is 2.28. The van der Waals surface area contributed by atoms with Crippen LogP contribution in [-0.4, -0.2) is 4.98 Å². The highest BCUT2D eigenvalue weighted by atomic mass is 35.5. The van der Waals surface area contributed by atoms with Gasteiger partial charge in [-0.3, -0.25) is 0 Å². The van der Waals surface area contributed by atoms with Crippen molar-refractivity contribution >= 4 is 11.6 Å². The Morgan fingerprint density at radius 1 is 0.941 bits per heavy atom. The lowest BCUT2D eigenvalue weighted by Gasteiger charge is -2.12. The monoisotopic (exact) mass is 257 g/mol. The summed E-state index contributed by atoms with van der Waals surface area (Å²) >= 11 is 5.67. The van der Waals surface area contributed by atoms with E-state index in [0.717, 1.165) is 6.07 Å². The second-order valence-electron chi connectivity index (χ2n) is 3.39. The molecule has 1 aromatic heterocycles. The van der Waals surface area contributed by atoms with Gasteiger partial charge >= 0.3 is 6.18 Å². The van der Waals surface area contributed by atoms with Crippen LogP contribution in [0.2, 0.25) is 5.15 Å². The van der Waals surface area contributed by atoms with Gasteiger partial charge in [0, 0.05) is 5.56 Å². The summed E-state index contributed by atoms with van der Waals surface area (Å²) in [7, 11) is 0. The third kappa shape index (κ3) is 2.58. The first-order valence-corrected chi connectivity index (χ1v) is 5.15. The molecule has 88 valence electrons. The fraction of sp³-hybridized carbons (Fsp3) is 0.0833. The molecule has 2 aromatic rings. The third-order valence-corrected chi connectivity index (χ3v) is 2.43. The van der Waals surface area contributed by atoms with E-state index in [2.05, 4.69) is 4.98 Å². The molecule has 0 saturated carbocycles. The zero-order chi connectivity index (χ0) is 12.5. The lowest BCUT2D eigenvalue weighted by molar-refractivity contribution is -0.137. The van der Waals surface area contributed by atoms with Gasteiger partial charge in [0.15, 0.2) is 0 Å². The van der Waals surface area contributed by atoms with Crippen LogP contribution in [0.1, 0.15) is 5.56 Å². The van der Waals surface area contributed by atoms with Crippen molar-refractivity contribution in [3.8, 4) is 11.3 Å². The molecule has 1 aromatic carbocycles. The van der Waals surface area contributed by atoms with Gasteiger partial charge in [0.05, 0.1) is 11.3 Å². The number of halogens is 4. The molecule has 0 N–H and O–H groups in total. The van der Waals surface area contributed by atoms with Crippen LogP contribution in [0.3, 0.4) is 0 Å². The Hall–Kier alpha value is -1.55. The number of hydrogen-bond donors (Lipinski definition) is 0. The Labute approximate surface area is 101 Å². The van der Waals surface area contributed by atoms with Gasteiger partial charge in [-0.1, -0.05) is 35.9 Å². The minimum Gasteiger partial charge on any atom is -0.236 e. The zero-order valence-electron chi connectivity index (χ0n) is 8.50. The minimum absolute atomic E-state index is 0.0301. The van der Waals surface area contributed by atoms with Gasteiger partial charge in [-0.25, -0.2) is 4.98 Å². The smallest absolute Gasteiger partial charge is 0.236 e. The van der Waals surface area contributed by atoms with Crippen molar-refractivity contribution < 1.29 is 13.2 Å². The summed E-state index contributed by atoms with van der Waals surface area (Å²) in [6, 6.07) is 9.86. The maximum Gasteiger partial charge on any atom is 0.417 e. The number of aromatic nitrogens is 1. The average molecular weight is 258 g/mol. The number of hydrogen-bond acceptors (Lipinski definition) is 1. The van der Waals surface area contributed by atoms with Crippen LogP contribution in [0, 0.1) is 0 Å². The molecule has 0 aliphatic heterocycles. The predicted octanol–water partition coefficient (Wildman–Crippen LogP) is 4.42. The molecule has 2 rings (SSSR count). The molecule has 5 heteroatoms. The van der Waals surface area contributed by atoms with Crippen LogP contribution in [0.15, 0.2) is 42.5 Å². The molecule has 0 radical (unpaired) electrons. The standard InChI is InChI=1S/C12H7ClF3N/c13-11-7-3-6-10(17-11)8-4-1-2-5-9(8)12(14,15)16/h1-7H. The first-order chi connectivity index (χ1) is 7.98. The Morgan fingerprint density at radius 3 is 2.29 bits per heavy atom. The summed E-state index contributed by atoms with van der Waals surface area (Å²) in [5, 5.41) is 0.166. The van der Waals surface area contributed by atoms with Gasteiger partial charge in [-0.15, -0.1) is 0 Å². The summed E-state index contributed by atoms with van der Waals surface area (Å²) in [6.45, 7) is 0. The largest absolute Gasteiger partial charge is 0.417 e. The van der Waals surface area contributed by atoms with E-state index in [9.17, 15) is 13.2 Å². The summed E-state index contributed by atoms with van der Waals surface area (Å²) in [4.78, 5) is 3.88. The Balaban J connectivity index is 2.60. The molecular formula is C12H7ClF3N. The van der Waals surface area contributed by atoms with Gasteiger partial charge in [0.2, 0.25) is 0 Å². The number of pyridine rings is 1. The van der Waals surface area contributed by atoms with Gasteiger partial charge in [-0.2, -0.15) is 13.2 Å². The highest BCUT2D eigenvalue weighted by Crippen LogP contribution is 2.36. The van der Waals surface area contributed by atoms with Gasteiger partial charge in [-0.05, 0) is 18.2 Å². The van der Waals surface area contributed by atoms with E-state index in [-0.39, 0.29) is 16.4 Å². The van der Waals surface area contributed by atoms with Crippen molar-refractivity contribution in [3.05, 3.63) is 53.2 Å². The van der Waals surface area contributed by atoms with Gasteiger partial charge < -0.3 is 0 Å². The van der Waals surface area contributed by atoms with Crippen molar-refractivity contribution in [2.24, 2.45) is 0 Å². The van der Waals surface area contributed by atoms with E-state index >= 15 is 0 Å². The second kappa shape index (κ2) is 4.37. The van der Waals surface area contributed by atoms with Crippen LogP contribution in [0.25, 0.3) is 11.3 Å². The van der Waals surface area contributed by atoms with Crippen molar-refractivity contribution in [2.75, 3.05) is 0 Å². The second-order valence-corrected chi connectivity index (χ2v) is 3.78. The van der Waals surface area contributed by atoms with Crippen LogP contribution >= 0.6 is 11.6 Å². The van der Waals surface area contributed by atoms with Crippen molar-refractivity contribution in [3.63, 3.8) is 0 Å². The van der Waals surface area contributed by atoms with Crippen LogP contribution in [0.4, 0.5) is 13.2 Å². The summed E-state index contributed by atoms with van der Waals surface area (Å²) < 4.78 is 38.3. The number of nitrogens with zero attached hydrogens (tertiary/aromatic N) is 1. The zero-order valence-corrected chi connectivity index (χ0v) is 9.26. The van der Waals surface area contributed by atoms with Crippen molar-refractivity contribution in [1.29, 1.82) is 0 Å². The molecule has 0 saturated heterocycles. The van der Waals surface area contributed by atoms with Crippen LogP contribution < -0.4 is 0 Å². The third-order valence-electron chi connectivity index (χ3n) is 2.22. The van der Waals surface area contributed by atoms with E-state index in [1.807, 2.05) is 0 Å². The highest BCUT2D eigenvalue weighted by molar-refractivity contribution is 6.29. The SMILES string of the molecule is FC(F)(F)c1ccccc1-c1cccc(Cl)n1. The molecule has 0 bridgehead atoms. The highest BCUT2D eigenvalue weighted by Gasteiger charge is 2.33. The Morgan fingerprint density at radius 2 is 1.65 bits per heavy atom. The molecule has 0 fully saturated rings. The van der Waals surface area contributed by atoms with E-state index in [0.29, 0.717) is 0 Å². The van der Waals surface area contributed by atoms with Crippen LogP contribution in [0.5, 0.6) is 0 Å². The normalized spacial score (nSPS) is 11.5. The first kappa shape index (κ1) is 11.9. The maximum atomic E-state index is 12.8. The fourth-order valence-electron chi connectivity index (χ4n) is 1.51. The topological polar surface area (TPSA) is 12.9 Å². The molecule has 0 aliphatic rings. The van der Waals surface area contributed by atoms with E-state index < -0.39 is 11.7 Å². The molecule has 0 spiro atoms. The Bertz CT molecular complexity index is 537. The number of benzene rings is 1. The fourth-order valence-corrected chi connectivity index (χ4v) is 1.68. The molecule has 1 nitrogen and oxygen atoms in total. The molecule has 17 heavy (non-hydrogen) atoms. The van der Waals surface area contributed by atoms with E-state index in [1.165, 1.54) is 30.3 Å². The molecule has 0 amide bonds. The van der Waals surface area contributed by atoms with Gasteiger partial charge in [0.1, 0.15) is 5.15 Å². The molecule has 0 aliphatic carbocycles. The number of rotatable bonds is 1. The van der Waals surface area contributed by atoms with E-state index in [4.69, 9.17) is 11.6 Å². The van der Waals surface area contributed by atoms with Crippen molar-refractivity contribution in [1.82, 2.24) is 4.98 Å². The summed E-state index contributed by atoms with van der Waals surface area (Å²) in [6.07, 6.45) is -4.40. The molecular weight excluding hydrogens is 251 g/mol. The lowest BCUT2D eigenvalue weighted by atomic mass is 10.0. The van der Waals surface area contributed by atoms with E-state index in [1.54, 1.807) is 6.07 Å². The molecule has 1 heterocycles. The predicted molar refractivity (Wildman–Crippen MR) is 59.7 cm³/mol. The summed E-state index contributed by atoms with van der Waals surface area (Å²) in [5.74, 6) is 0. The lowest BCUT2D eigenvalue weighted by Crippen LogP contribution is -2.07. The number of alkyl halides is 3. The molecule has 0 unspecified atom stereocenters. The quantitative estimate of drug-likeness (QED) is 0.689. The van der Waals surface area contributed by atoms with Crippen molar-refractivity contribution in [2.45, 2.75) is 6.18 Å². The first-order valence-electron chi connectivity index (χ1n) is 4.77.